The lowest BCUT2D eigenvalue weighted by molar-refractivity contribution is -0.129. The van der Waals surface area contributed by atoms with E-state index in [4.69, 9.17) is 4.74 Å². The third-order valence-electron chi connectivity index (χ3n) is 3.60. The van der Waals surface area contributed by atoms with Gasteiger partial charge in [-0.2, -0.15) is 0 Å². The fraction of sp³-hybridized carbons (Fsp3) is 0.917. The molecule has 0 saturated carbocycles. The van der Waals surface area contributed by atoms with E-state index in [-0.39, 0.29) is 11.9 Å². The maximum atomic E-state index is 12.0. The van der Waals surface area contributed by atoms with Gasteiger partial charge in [0.15, 0.2) is 0 Å². The van der Waals surface area contributed by atoms with E-state index in [0.29, 0.717) is 12.6 Å². The molecular formula is C12H23N3O2. The van der Waals surface area contributed by atoms with Crippen molar-refractivity contribution in [3.63, 3.8) is 0 Å². The summed E-state index contributed by atoms with van der Waals surface area (Å²) in [5.74, 6) is 0.159. The molecule has 0 radical (unpaired) electrons. The third kappa shape index (κ3) is 3.18. The number of nitrogens with zero attached hydrogens (tertiary/aromatic N) is 1. The van der Waals surface area contributed by atoms with Gasteiger partial charge >= 0.3 is 0 Å². The molecule has 0 bridgehead atoms. The van der Waals surface area contributed by atoms with E-state index in [1.54, 1.807) is 0 Å². The second-order valence-electron chi connectivity index (χ2n) is 4.70. The van der Waals surface area contributed by atoms with Gasteiger partial charge in [-0.25, -0.2) is 0 Å². The molecule has 0 aromatic carbocycles. The van der Waals surface area contributed by atoms with E-state index in [1.807, 2.05) is 6.92 Å². The van der Waals surface area contributed by atoms with E-state index in [0.717, 1.165) is 45.7 Å². The molecular weight excluding hydrogens is 218 g/mol. The zero-order valence-corrected chi connectivity index (χ0v) is 10.6. The van der Waals surface area contributed by atoms with E-state index in [9.17, 15) is 4.79 Å². The summed E-state index contributed by atoms with van der Waals surface area (Å²) in [6, 6.07) is 0.505. The predicted octanol–water partition coefficient (Wildman–Crippen LogP) is -0.425. The molecule has 2 rings (SSSR count). The first-order valence-electron chi connectivity index (χ1n) is 6.65. The molecule has 5 heteroatoms. The first-order valence-corrected chi connectivity index (χ1v) is 6.65. The minimum absolute atomic E-state index is 0.00759. The van der Waals surface area contributed by atoms with Crippen LogP contribution in [0.25, 0.3) is 0 Å². The van der Waals surface area contributed by atoms with Crippen LogP contribution in [0, 0.1) is 0 Å². The first-order chi connectivity index (χ1) is 8.33. The van der Waals surface area contributed by atoms with Crippen LogP contribution in [0.2, 0.25) is 0 Å². The fourth-order valence-electron chi connectivity index (χ4n) is 2.71. The largest absolute Gasteiger partial charge is 0.381 e. The molecule has 0 spiro atoms. The van der Waals surface area contributed by atoms with Crippen LogP contribution in [-0.2, 0) is 9.53 Å². The zero-order valence-electron chi connectivity index (χ0n) is 10.6. The smallest absolute Gasteiger partial charge is 0.238 e. The van der Waals surface area contributed by atoms with Crippen LogP contribution >= 0.6 is 0 Å². The Morgan fingerprint density at radius 2 is 2.24 bits per heavy atom. The summed E-state index contributed by atoms with van der Waals surface area (Å²) >= 11 is 0. The van der Waals surface area contributed by atoms with Gasteiger partial charge in [-0.3, -0.25) is 9.69 Å². The maximum absolute atomic E-state index is 12.0. The van der Waals surface area contributed by atoms with E-state index >= 15 is 0 Å². The van der Waals surface area contributed by atoms with Crippen molar-refractivity contribution in [2.45, 2.75) is 31.8 Å². The highest BCUT2D eigenvalue weighted by Gasteiger charge is 2.33. The van der Waals surface area contributed by atoms with Gasteiger partial charge in [0, 0.05) is 45.4 Å². The number of likely N-dealkylation sites (N-methyl/N-ethyl adjacent to an activating group) is 1. The Morgan fingerprint density at radius 3 is 2.94 bits per heavy atom. The summed E-state index contributed by atoms with van der Waals surface area (Å²) in [7, 11) is 0. The summed E-state index contributed by atoms with van der Waals surface area (Å²) in [6.07, 6.45) is 2.10. The zero-order chi connectivity index (χ0) is 12.1. The SMILES string of the molecule is CCNC(=O)C1CNCCN1C1CCOCC1. The minimum atomic E-state index is -0.00759. The molecule has 2 aliphatic heterocycles. The van der Waals surface area contributed by atoms with Crippen LogP contribution in [0.3, 0.4) is 0 Å². The van der Waals surface area contributed by atoms with Gasteiger partial charge in [0.1, 0.15) is 6.04 Å². The predicted molar refractivity (Wildman–Crippen MR) is 65.9 cm³/mol. The summed E-state index contributed by atoms with van der Waals surface area (Å²) < 4.78 is 5.39. The number of ether oxygens (including phenoxy) is 1. The second kappa shape index (κ2) is 6.33. The summed E-state index contributed by atoms with van der Waals surface area (Å²) in [6.45, 7) is 7.04. The Labute approximate surface area is 103 Å². The average Bonchev–Trinajstić information content (AvgIpc) is 2.40. The molecule has 0 aromatic heterocycles. The van der Waals surface area contributed by atoms with Crippen LogP contribution in [0.5, 0.6) is 0 Å². The monoisotopic (exact) mass is 241 g/mol. The molecule has 2 aliphatic rings. The fourth-order valence-corrected chi connectivity index (χ4v) is 2.71. The Kier molecular flexibility index (Phi) is 4.76. The van der Waals surface area contributed by atoms with Crippen molar-refractivity contribution in [3.8, 4) is 0 Å². The van der Waals surface area contributed by atoms with Gasteiger partial charge in [0.05, 0.1) is 0 Å². The molecule has 2 N–H and O–H groups in total. The molecule has 2 saturated heterocycles. The Bertz CT molecular complexity index is 254. The molecule has 1 amide bonds. The highest BCUT2D eigenvalue weighted by molar-refractivity contribution is 5.82. The van der Waals surface area contributed by atoms with Crippen LogP contribution < -0.4 is 10.6 Å². The van der Waals surface area contributed by atoms with Gasteiger partial charge in [-0.1, -0.05) is 0 Å². The number of carbonyl (C=O) groups is 1. The molecule has 1 unspecified atom stereocenters. The van der Waals surface area contributed by atoms with Crippen molar-refractivity contribution in [1.29, 1.82) is 0 Å². The molecule has 0 aliphatic carbocycles. The number of amides is 1. The first kappa shape index (κ1) is 12.8. The lowest BCUT2D eigenvalue weighted by atomic mass is 10.0. The van der Waals surface area contributed by atoms with Crippen LogP contribution in [0.1, 0.15) is 19.8 Å². The molecule has 1 atom stereocenters. The third-order valence-corrected chi connectivity index (χ3v) is 3.60. The highest BCUT2D eigenvalue weighted by atomic mass is 16.5. The average molecular weight is 241 g/mol. The number of carbonyl (C=O) groups excluding carboxylic acids is 1. The Balaban J connectivity index is 1.97. The van der Waals surface area contributed by atoms with Gasteiger partial charge in [0.25, 0.3) is 0 Å². The number of rotatable bonds is 3. The molecule has 2 fully saturated rings. The molecule has 5 nitrogen and oxygen atoms in total. The number of hydrogen-bond acceptors (Lipinski definition) is 4. The van der Waals surface area contributed by atoms with Gasteiger partial charge in [-0.05, 0) is 19.8 Å². The quantitative estimate of drug-likeness (QED) is 0.704. The normalized spacial score (nSPS) is 27.9. The lowest BCUT2D eigenvalue weighted by Crippen LogP contribution is -2.61. The highest BCUT2D eigenvalue weighted by Crippen LogP contribution is 2.18. The van der Waals surface area contributed by atoms with E-state index in [1.165, 1.54) is 0 Å². The maximum Gasteiger partial charge on any atom is 0.238 e. The minimum Gasteiger partial charge on any atom is -0.381 e. The number of hydrogen-bond donors (Lipinski definition) is 2. The summed E-state index contributed by atoms with van der Waals surface area (Å²) in [5, 5.41) is 6.24. The summed E-state index contributed by atoms with van der Waals surface area (Å²) in [4.78, 5) is 14.4. The lowest BCUT2D eigenvalue weighted by Gasteiger charge is -2.42. The van der Waals surface area contributed by atoms with Crippen LogP contribution in [0.15, 0.2) is 0 Å². The van der Waals surface area contributed by atoms with Crippen LogP contribution in [-0.4, -0.2) is 62.3 Å². The summed E-state index contributed by atoms with van der Waals surface area (Å²) in [5.41, 5.74) is 0. The Hall–Kier alpha value is -0.650. The number of nitrogens with one attached hydrogen (secondary N) is 2. The van der Waals surface area contributed by atoms with Crippen molar-refractivity contribution < 1.29 is 9.53 Å². The van der Waals surface area contributed by atoms with Crippen molar-refractivity contribution in [3.05, 3.63) is 0 Å². The second-order valence-corrected chi connectivity index (χ2v) is 4.70. The Morgan fingerprint density at radius 1 is 1.47 bits per heavy atom. The van der Waals surface area contributed by atoms with Gasteiger partial charge in [-0.15, -0.1) is 0 Å². The van der Waals surface area contributed by atoms with Crippen molar-refractivity contribution in [2.24, 2.45) is 0 Å². The van der Waals surface area contributed by atoms with Crippen molar-refractivity contribution in [2.75, 3.05) is 39.4 Å². The standard InChI is InChI=1S/C12H23N3O2/c1-2-14-12(16)11-9-13-5-6-15(11)10-3-7-17-8-4-10/h10-11,13H,2-9H2,1H3,(H,14,16). The topological polar surface area (TPSA) is 53.6 Å². The number of piperazine rings is 1. The van der Waals surface area contributed by atoms with Gasteiger partial charge in [0.2, 0.25) is 5.91 Å². The molecule has 2 heterocycles. The van der Waals surface area contributed by atoms with Crippen molar-refractivity contribution >= 4 is 5.91 Å². The molecule has 0 aromatic rings. The molecule has 17 heavy (non-hydrogen) atoms. The van der Waals surface area contributed by atoms with Gasteiger partial charge < -0.3 is 15.4 Å². The van der Waals surface area contributed by atoms with E-state index < -0.39 is 0 Å². The van der Waals surface area contributed by atoms with Crippen LogP contribution in [0.4, 0.5) is 0 Å². The van der Waals surface area contributed by atoms with Crippen molar-refractivity contribution in [1.82, 2.24) is 15.5 Å². The molecule has 98 valence electrons. The van der Waals surface area contributed by atoms with E-state index in [2.05, 4.69) is 15.5 Å².